The first-order valence-corrected chi connectivity index (χ1v) is 12.4. The lowest BCUT2D eigenvalue weighted by Crippen LogP contribution is -2.51. The Labute approximate surface area is 220 Å². The van der Waals surface area contributed by atoms with Crippen molar-refractivity contribution in [2.75, 3.05) is 18.1 Å². The number of Topliss-reactive ketones (excluding diaryl/α,β-unsaturated/α-hetero) is 1. The number of hydrogen-bond acceptors (Lipinski definition) is 6. The number of ether oxygens (including phenoxy) is 1. The minimum Gasteiger partial charge on any atom is -0.507 e. The Morgan fingerprint density at radius 3 is 2.53 bits per heavy atom. The molecule has 192 valence electrons. The number of rotatable bonds is 8. The van der Waals surface area contributed by atoms with Gasteiger partial charge in [-0.15, -0.1) is 6.58 Å². The molecule has 1 saturated heterocycles. The first-order chi connectivity index (χ1) is 18.4. The number of amides is 2. The number of carbonyl (C=O) groups excluding carboxylic acids is 3. The Hall–Kier alpha value is -4.72. The van der Waals surface area contributed by atoms with Crippen LogP contribution >= 0.6 is 0 Å². The van der Waals surface area contributed by atoms with E-state index in [2.05, 4.69) is 11.6 Å². The monoisotopic (exact) mass is 509 g/mol. The van der Waals surface area contributed by atoms with E-state index < -0.39 is 28.9 Å². The molecule has 1 aromatic heterocycles. The molecular formula is C30H27N3O5. The first kappa shape index (κ1) is 25.0. The zero-order valence-electron chi connectivity index (χ0n) is 21.0. The van der Waals surface area contributed by atoms with E-state index in [0.29, 0.717) is 34.7 Å². The Bertz CT molecular complexity index is 1450. The van der Waals surface area contributed by atoms with Gasteiger partial charge in [0.05, 0.1) is 17.9 Å². The smallest absolute Gasteiger partial charge is 0.296 e. The quantitative estimate of drug-likeness (QED) is 0.212. The zero-order chi connectivity index (χ0) is 26.9. The predicted octanol–water partition coefficient (Wildman–Crippen LogP) is 4.18. The van der Waals surface area contributed by atoms with E-state index >= 15 is 0 Å². The summed E-state index contributed by atoms with van der Waals surface area (Å²) >= 11 is 0. The van der Waals surface area contributed by atoms with Crippen molar-refractivity contribution in [1.82, 2.24) is 9.88 Å². The number of para-hydroxylation sites is 1. The Morgan fingerprint density at radius 1 is 1.08 bits per heavy atom. The van der Waals surface area contributed by atoms with Crippen LogP contribution in [0.1, 0.15) is 30.0 Å². The topological polar surface area (TPSA) is 100 Å². The number of pyridine rings is 1. The van der Waals surface area contributed by atoms with Gasteiger partial charge in [0.25, 0.3) is 17.6 Å². The third-order valence-corrected chi connectivity index (χ3v) is 6.78. The summed E-state index contributed by atoms with van der Waals surface area (Å²) in [7, 11) is 0. The first-order valence-electron chi connectivity index (χ1n) is 12.4. The highest BCUT2D eigenvalue weighted by atomic mass is 16.5. The summed E-state index contributed by atoms with van der Waals surface area (Å²) in [6.07, 6.45) is 5.60. The minimum atomic E-state index is -1.86. The van der Waals surface area contributed by atoms with Gasteiger partial charge in [0.1, 0.15) is 11.5 Å². The average molecular weight is 510 g/mol. The second-order valence-electron chi connectivity index (χ2n) is 9.11. The van der Waals surface area contributed by atoms with Crippen molar-refractivity contribution in [3.63, 3.8) is 0 Å². The average Bonchev–Trinajstić information content (AvgIpc) is 3.32. The molecule has 2 aromatic carbocycles. The molecule has 2 aliphatic rings. The van der Waals surface area contributed by atoms with Crippen molar-refractivity contribution in [3.8, 4) is 5.75 Å². The third kappa shape index (κ3) is 3.76. The summed E-state index contributed by atoms with van der Waals surface area (Å²) in [5, 5.41) is 11.6. The fraction of sp³-hybridized carbons (Fsp3) is 0.200. The number of aliphatic hydroxyl groups is 1. The molecule has 1 unspecified atom stereocenters. The minimum absolute atomic E-state index is 0.0546. The lowest BCUT2D eigenvalue weighted by Gasteiger charge is -2.34. The maximum absolute atomic E-state index is 14.3. The molecule has 2 aliphatic heterocycles. The van der Waals surface area contributed by atoms with Gasteiger partial charge >= 0.3 is 0 Å². The molecule has 1 atom stereocenters. The second-order valence-corrected chi connectivity index (χ2v) is 9.11. The van der Waals surface area contributed by atoms with Gasteiger partial charge in [-0.2, -0.15) is 0 Å². The lowest BCUT2D eigenvalue weighted by molar-refractivity contribution is -0.144. The summed E-state index contributed by atoms with van der Waals surface area (Å²) in [5.41, 5.74) is -0.203. The van der Waals surface area contributed by atoms with Crippen LogP contribution < -0.4 is 9.64 Å². The van der Waals surface area contributed by atoms with Gasteiger partial charge in [0.15, 0.2) is 5.54 Å². The highest BCUT2D eigenvalue weighted by molar-refractivity contribution is 6.50. The van der Waals surface area contributed by atoms with Crippen LogP contribution in [0.3, 0.4) is 0 Å². The highest BCUT2D eigenvalue weighted by Crippen LogP contribution is 2.54. The van der Waals surface area contributed by atoms with Crippen LogP contribution in [0.15, 0.2) is 91.3 Å². The molecule has 3 aromatic rings. The van der Waals surface area contributed by atoms with Gasteiger partial charge in [-0.3, -0.25) is 19.4 Å². The lowest BCUT2D eigenvalue weighted by atomic mass is 9.81. The Kier molecular flexibility index (Phi) is 6.55. The van der Waals surface area contributed by atoms with E-state index in [9.17, 15) is 19.5 Å². The molecule has 38 heavy (non-hydrogen) atoms. The number of aromatic nitrogens is 1. The number of likely N-dealkylation sites (tertiary alicyclic amines) is 1. The number of ketones is 1. The number of carbonyl (C=O) groups is 3. The van der Waals surface area contributed by atoms with Crippen LogP contribution in [0.2, 0.25) is 0 Å². The molecule has 8 nitrogen and oxygen atoms in total. The van der Waals surface area contributed by atoms with E-state index in [1.807, 2.05) is 6.92 Å². The van der Waals surface area contributed by atoms with Crippen LogP contribution in [0.5, 0.6) is 5.75 Å². The number of aliphatic hydroxyl groups excluding tert-OH is 1. The third-order valence-electron chi connectivity index (χ3n) is 6.78. The van der Waals surface area contributed by atoms with Crippen LogP contribution in [0.4, 0.5) is 5.69 Å². The Morgan fingerprint density at radius 2 is 1.84 bits per heavy atom. The fourth-order valence-electron chi connectivity index (χ4n) is 5.15. The number of hydrogen-bond donors (Lipinski definition) is 1. The molecule has 1 fully saturated rings. The van der Waals surface area contributed by atoms with Gasteiger partial charge in [-0.25, -0.2) is 0 Å². The highest BCUT2D eigenvalue weighted by Gasteiger charge is 2.67. The van der Waals surface area contributed by atoms with Crippen molar-refractivity contribution in [2.24, 2.45) is 0 Å². The van der Waals surface area contributed by atoms with Crippen molar-refractivity contribution in [2.45, 2.75) is 25.4 Å². The SMILES string of the molecule is C=CCN1C(=O)C2(/C(=C(\O)c3ccc(OCCC)cc3)C(=O)C(=O)N2Cc2cccnc2)c2ccccc21. The van der Waals surface area contributed by atoms with Gasteiger partial charge in [0, 0.05) is 36.6 Å². The van der Waals surface area contributed by atoms with Crippen LogP contribution in [-0.4, -0.2) is 45.7 Å². The van der Waals surface area contributed by atoms with Crippen molar-refractivity contribution < 1.29 is 24.2 Å². The Balaban J connectivity index is 1.74. The predicted molar refractivity (Wildman–Crippen MR) is 142 cm³/mol. The van der Waals surface area contributed by atoms with E-state index in [0.717, 1.165) is 6.42 Å². The summed E-state index contributed by atoms with van der Waals surface area (Å²) in [5.74, 6) is -2.13. The molecule has 0 bridgehead atoms. The van der Waals surface area contributed by atoms with E-state index in [-0.39, 0.29) is 18.7 Å². The zero-order valence-corrected chi connectivity index (χ0v) is 21.0. The standard InChI is InChI=1S/C30H27N3O5/c1-3-16-32-24-10-6-5-9-23(24)30(29(32)37)25(26(34)21-11-13-22(14-12-21)38-17-4-2)27(35)28(36)33(30)19-20-8-7-15-31-18-20/h3,5-15,18,34H,1,4,16-17,19H2,2H3/b26-25-. The van der Waals surface area contributed by atoms with Crippen molar-refractivity contribution >= 4 is 29.0 Å². The maximum atomic E-state index is 14.3. The van der Waals surface area contributed by atoms with Crippen molar-refractivity contribution in [1.29, 1.82) is 0 Å². The van der Waals surface area contributed by atoms with Gasteiger partial charge < -0.3 is 19.6 Å². The summed E-state index contributed by atoms with van der Waals surface area (Å²) in [4.78, 5) is 48.5. The van der Waals surface area contributed by atoms with Crippen LogP contribution in [0, 0.1) is 0 Å². The van der Waals surface area contributed by atoms with E-state index in [1.165, 1.54) is 9.80 Å². The summed E-state index contributed by atoms with van der Waals surface area (Å²) < 4.78 is 5.63. The molecule has 0 radical (unpaired) electrons. The molecule has 1 N–H and O–H groups in total. The molecule has 3 heterocycles. The van der Waals surface area contributed by atoms with Gasteiger partial charge in [0.2, 0.25) is 0 Å². The van der Waals surface area contributed by atoms with Crippen LogP contribution in [-0.2, 0) is 26.5 Å². The molecular weight excluding hydrogens is 482 g/mol. The molecule has 5 rings (SSSR count). The molecule has 2 amide bonds. The molecule has 8 heteroatoms. The number of benzene rings is 2. The summed E-state index contributed by atoms with van der Waals surface area (Å²) in [6, 6.07) is 17.1. The fourth-order valence-corrected chi connectivity index (χ4v) is 5.15. The normalized spacial score (nSPS) is 19.8. The number of anilines is 1. The largest absolute Gasteiger partial charge is 0.507 e. The molecule has 0 aliphatic carbocycles. The number of nitrogens with zero attached hydrogens (tertiary/aromatic N) is 3. The second kappa shape index (κ2) is 9.97. The van der Waals surface area contributed by atoms with Crippen LogP contribution in [0.25, 0.3) is 5.76 Å². The van der Waals surface area contributed by atoms with Crippen molar-refractivity contribution in [3.05, 3.63) is 108 Å². The van der Waals surface area contributed by atoms with Gasteiger partial charge in [-0.05, 0) is 48.4 Å². The maximum Gasteiger partial charge on any atom is 0.296 e. The van der Waals surface area contributed by atoms with E-state index in [1.54, 1.807) is 79.1 Å². The van der Waals surface area contributed by atoms with Gasteiger partial charge in [-0.1, -0.05) is 37.3 Å². The molecule has 1 spiro atoms. The summed E-state index contributed by atoms with van der Waals surface area (Å²) in [6.45, 7) is 6.42. The molecule has 0 saturated carbocycles. The number of fused-ring (bicyclic) bond motifs is 2. The van der Waals surface area contributed by atoms with E-state index in [4.69, 9.17) is 4.74 Å².